The van der Waals surface area contributed by atoms with Gasteiger partial charge in [0.05, 0.1) is 23.3 Å². The number of sulfone groups is 1. The van der Waals surface area contributed by atoms with Crippen LogP contribution in [0.3, 0.4) is 0 Å². The number of methoxy groups -OCH3 is 1. The van der Waals surface area contributed by atoms with Gasteiger partial charge in [0, 0.05) is 36.6 Å². The first-order valence-electron chi connectivity index (χ1n) is 15.6. The van der Waals surface area contributed by atoms with Gasteiger partial charge in [-0.05, 0) is 90.7 Å². The minimum absolute atomic E-state index is 0.0677. The van der Waals surface area contributed by atoms with Crippen LogP contribution in [0.15, 0.2) is 76.6 Å². The molecule has 1 aromatic heterocycles. The molecule has 3 aromatic carbocycles. The minimum atomic E-state index is -3.67. The van der Waals surface area contributed by atoms with E-state index in [1.165, 1.54) is 29.0 Å². The lowest BCUT2D eigenvalue weighted by molar-refractivity contribution is -0.131. The standard InChI is InChI=1S/C35H37N5O7S/c1-20-15-23-6-11-28(20)21(2)40(35(44)47-4)19-31(41)37-25-8-12-30(48(45,46)27-9-10-27)24(16-25)18-39(3)34(43)32(23)38-26-7-5-22-13-14-36-33(42)29(22)17-26/h5-8,11-17,21,27,32,38H,9-10,18-19H2,1-4H3,(H,36,42)(H,37,41)/t21-,32-/m1/s1. The van der Waals surface area contributed by atoms with Crippen molar-refractivity contribution in [2.75, 3.05) is 31.3 Å². The molecule has 3 heterocycles. The largest absolute Gasteiger partial charge is 0.453 e. The van der Waals surface area contributed by atoms with Crippen LogP contribution in [0.25, 0.3) is 10.8 Å². The zero-order valence-electron chi connectivity index (χ0n) is 27.1. The van der Waals surface area contributed by atoms with Crippen LogP contribution in [0.5, 0.6) is 0 Å². The highest BCUT2D eigenvalue weighted by Gasteiger charge is 2.39. The van der Waals surface area contributed by atoms with Crippen molar-refractivity contribution < 1.29 is 27.5 Å². The van der Waals surface area contributed by atoms with Gasteiger partial charge in [0.15, 0.2) is 9.84 Å². The average molecular weight is 672 g/mol. The van der Waals surface area contributed by atoms with E-state index in [-0.39, 0.29) is 29.5 Å². The Morgan fingerprint density at radius 3 is 2.46 bits per heavy atom. The second-order valence-corrected chi connectivity index (χ2v) is 14.6. The first-order chi connectivity index (χ1) is 22.9. The number of hydrogen-bond donors (Lipinski definition) is 3. The van der Waals surface area contributed by atoms with E-state index in [0.717, 1.165) is 16.5 Å². The molecular weight excluding hydrogens is 634 g/mol. The monoisotopic (exact) mass is 671 g/mol. The number of rotatable bonds is 4. The Morgan fingerprint density at radius 2 is 1.75 bits per heavy atom. The van der Waals surface area contributed by atoms with Crippen molar-refractivity contribution >= 4 is 49.9 Å². The fourth-order valence-corrected chi connectivity index (χ4v) is 8.11. The molecule has 1 saturated carbocycles. The van der Waals surface area contributed by atoms with E-state index in [0.29, 0.717) is 40.7 Å². The number of pyridine rings is 1. The van der Waals surface area contributed by atoms with Gasteiger partial charge in [0.2, 0.25) is 11.8 Å². The van der Waals surface area contributed by atoms with E-state index in [1.54, 1.807) is 56.6 Å². The molecule has 0 unspecified atom stereocenters. The van der Waals surface area contributed by atoms with E-state index in [9.17, 15) is 27.6 Å². The summed E-state index contributed by atoms with van der Waals surface area (Å²) >= 11 is 0. The summed E-state index contributed by atoms with van der Waals surface area (Å²) in [5.41, 5.74) is 3.07. The van der Waals surface area contributed by atoms with Crippen LogP contribution in [-0.2, 0) is 30.7 Å². The molecule has 250 valence electrons. The minimum Gasteiger partial charge on any atom is -0.453 e. The Bertz CT molecular complexity index is 2110. The SMILES string of the molecule is COC(=O)N1CC(=O)Nc2ccc(S(=O)(=O)C3CC3)c(c2)CN(C)C(=O)[C@H](Nc2ccc3cc[nH]c(=O)c3c2)c2ccc(c(C)c2)[C@H]1C. The Balaban J connectivity index is 1.48. The molecule has 0 spiro atoms. The normalized spacial score (nSPS) is 18.9. The third-order valence-corrected chi connectivity index (χ3v) is 11.4. The van der Waals surface area contributed by atoms with Crippen LogP contribution in [-0.4, -0.2) is 67.1 Å². The van der Waals surface area contributed by atoms with Crippen LogP contribution < -0.4 is 16.2 Å². The molecule has 0 saturated heterocycles. The van der Waals surface area contributed by atoms with E-state index in [2.05, 4.69) is 15.6 Å². The molecule has 48 heavy (non-hydrogen) atoms. The van der Waals surface area contributed by atoms with E-state index >= 15 is 0 Å². The molecule has 3 aliphatic rings. The summed E-state index contributed by atoms with van der Waals surface area (Å²) in [6.07, 6.45) is 2.00. The highest BCUT2D eigenvalue weighted by Crippen LogP contribution is 2.37. The van der Waals surface area contributed by atoms with Crippen LogP contribution in [0.2, 0.25) is 0 Å². The lowest BCUT2D eigenvalue weighted by Crippen LogP contribution is -2.40. The number of nitrogens with one attached hydrogen (secondary N) is 3. The molecule has 2 atom stereocenters. The number of benzene rings is 3. The predicted octanol–water partition coefficient (Wildman–Crippen LogP) is 4.67. The molecule has 1 aliphatic carbocycles. The van der Waals surface area contributed by atoms with Crippen molar-refractivity contribution in [3.05, 3.63) is 99.5 Å². The number of aryl methyl sites for hydroxylation is 1. The first-order valence-corrected chi connectivity index (χ1v) is 17.2. The quantitative estimate of drug-likeness (QED) is 0.283. The number of anilines is 2. The van der Waals surface area contributed by atoms with Crippen LogP contribution in [0.4, 0.5) is 16.2 Å². The van der Waals surface area contributed by atoms with Gasteiger partial charge in [-0.2, -0.15) is 0 Å². The number of aromatic nitrogens is 1. The van der Waals surface area contributed by atoms with Crippen LogP contribution >= 0.6 is 0 Å². The van der Waals surface area contributed by atoms with Crippen molar-refractivity contribution in [2.45, 2.75) is 55.5 Å². The van der Waals surface area contributed by atoms with Gasteiger partial charge in [-0.3, -0.25) is 19.3 Å². The number of fused-ring (bicyclic) bond motifs is 10. The zero-order valence-corrected chi connectivity index (χ0v) is 27.9. The molecule has 1 fully saturated rings. The molecule has 13 heteroatoms. The second-order valence-electron chi connectivity index (χ2n) is 12.4. The van der Waals surface area contributed by atoms with Gasteiger partial charge in [-0.15, -0.1) is 0 Å². The van der Waals surface area contributed by atoms with E-state index < -0.39 is 39.2 Å². The van der Waals surface area contributed by atoms with Gasteiger partial charge < -0.3 is 25.3 Å². The van der Waals surface area contributed by atoms with Crippen molar-refractivity contribution in [3.63, 3.8) is 0 Å². The smallest absolute Gasteiger partial charge is 0.410 e. The maximum absolute atomic E-state index is 14.4. The fraction of sp³-hybridized carbons (Fsp3) is 0.314. The summed E-state index contributed by atoms with van der Waals surface area (Å²) in [6.45, 7) is 3.25. The number of amides is 3. The van der Waals surface area contributed by atoms with Crippen LogP contribution in [0.1, 0.15) is 54.1 Å². The van der Waals surface area contributed by atoms with Gasteiger partial charge >= 0.3 is 6.09 Å². The maximum Gasteiger partial charge on any atom is 0.410 e. The Hall–Kier alpha value is -5.17. The van der Waals surface area contributed by atoms with Crippen molar-refractivity contribution in [1.29, 1.82) is 0 Å². The zero-order chi connectivity index (χ0) is 34.3. The number of hydrogen-bond acceptors (Lipinski definition) is 8. The van der Waals surface area contributed by atoms with Crippen molar-refractivity contribution in [1.82, 2.24) is 14.8 Å². The number of ether oxygens (including phenoxy) is 1. The summed E-state index contributed by atoms with van der Waals surface area (Å²) in [6, 6.07) is 15.5. The summed E-state index contributed by atoms with van der Waals surface area (Å²) < 4.78 is 32.0. The molecular formula is C35H37N5O7S. The molecule has 4 bridgehead atoms. The highest BCUT2D eigenvalue weighted by atomic mass is 32.2. The first kappa shape index (κ1) is 32.8. The molecule has 0 radical (unpaired) electrons. The molecule has 3 N–H and O–H groups in total. The van der Waals surface area contributed by atoms with E-state index in [1.807, 2.05) is 19.1 Å². The number of aromatic amines is 1. The average Bonchev–Trinajstić information content (AvgIpc) is 3.92. The maximum atomic E-state index is 14.4. The summed E-state index contributed by atoms with van der Waals surface area (Å²) in [4.78, 5) is 58.7. The number of likely N-dealkylation sites (N-methyl/N-ethyl adjacent to an activating group) is 1. The Kier molecular flexibility index (Phi) is 8.73. The predicted molar refractivity (Wildman–Crippen MR) is 181 cm³/mol. The Morgan fingerprint density at radius 1 is 0.979 bits per heavy atom. The number of carbonyl (C=O) groups is 3. The van der Waals surface area contributed by atoms with Crippen LogP contribution in [0, 0.1) is 6.92 Å². The fourth-order valence-electron chi connectivity index (χ4n) is 6.24. The highest BCUT2D eigenvalue weighted by molar-refractivity contribution is 7.92. The third-order valence-electron chi connectivity index (χ3n) is 9.00. The second kappa shape index (κ2) is 12.8. The van der Waals surface area contributed by atoms with Gasteiger partial charge in [0.25, 0.3) is 5.56 Å². The number of nitrogens with zero attached hydrogens (tertiary/aromatic N) is 2. The third kappa shape index (κ3) is 6.37. The lowest BCUT2D eigenvalue weighted by Gasteiger charge is -2.30. The molecule has 2 aliphatic heterocycles. The topological polar surface area (TPSA) is 158 Å². The van der Waals surface area contributed by atoms with Crippen molar-refractivity contribution in [2.24, 2.45) is 0 Å². The number of carbonyl (C=O) groups excluding carboxylic acids is 3. The van der Waals surface area contributed by atoms with Gasteiger partial charge in [-0.1, -0.05) is 24.3 Å². The van der Waals surface area contributed by atoms with Gasteiger partial charge in [-0.25, -0.2) is 13.2 Å². The Labute approximate surface area is 278 Å². The van der Waals surface area contributed by atoms with E-state index in [4.69, 9.17) is 4.74 Å². The molecule has 4 aromatic rings. The lowest BCUT2D eigenvalue weighted by atomic mass is 9.95. The number of H-pyrrole nitrogens is 1. The molecule has 3 amide bonds. The summed E-state index contributed by atoms with van der Waals surface area (Å²) in [5.74, 6) is -0.856. The molecule has 12 nitrogen and oxygen atoms in total. The van der Waals surface area contributed by atoms with Crippen molar-refractivity contribution in [3.8, 4) is 0 Å². The summed E-state index contributed by atoms with van der Waals surface area (Å²) in [5, 5.41) is 6.81. The molecule has 7 rings (SSSR count). The summed E-state index contributed by atoms with van der Waals surface area (Å²) in [7, 11) is -0.825. The van der Waals surface area contributed by atoms with Gasteiger partial charge in [0.1, 0.15) is 12.6 Å².